The Morgan fingerprint density at radius 1 is 1.20 bits per heavy atom. The number of carbonyl (C=O) groups is 1. The number of nitrogens with zero attached hydrogens (tertiary/aromatic N) is 2. The molecule has 0 saturated carbocycles. The van der Waals surface area contributed by atoms with Crippen molar-refractivity contribution >= 4 is 27.5 Å². The highest BCUT2D eigenvalue weighted by atomic mass is 35.5. The number of piperazine rings is 1. The number of alkyl halides is 1. The van der Waals surface area contributed by atoms with Crippen molar-refractivity contribution in [1.82, 2.24) is 14.5 Å². The summed E-state index contributed by atoms with van der Waals surface area (Å²) in [4.78, 5) is 13.4. The molecule has 1 saturated heterocycles. The molecule has 0 aliphatic carbocycles. The molecule has 8 heteroatoms. The first-order valence-corrected chi connectivity index (χ1v) is 9.17. The van der Waals surface area contributed by atoms with Crippen molar-refractivity contribution in [3.8, 4) is 0 Å². The van der Waals surface area contributed by atoms with Crippen molar-refractivity contribution in [2.75, 3.05) is 50.9 Å². The molecule has 0 bridgehead atoms. The molecule has 1 aliphatic rings. The quantitative estimate of drug-likeness (QED) is 0.507. The molecule has 118 valence electrons. The van der Waals surface area contributed by atoms with E-state index >= 15 is 0 Å². The third kappa shape index (κ3) is 5.95. The standard InChI is InChI=1S/C12H24ClN3O3S/c1-2-14-12(17)11-15-6-8-16(9-7-15)20(18,19)10-4-3-5-13/h2-11H2,1H3,(H,14,17). The van der Waals surface area contributed by atoms with Crippen molar-refractivity contribution in [1.29, 1.82) is 0 Å². The lowest BCUT2D eigenvalue weighted by molar-refractivity contribution is -0.122. The Bertz CT molecular complexity index is 395. The Morgan fingerprint density at radius 3 is 2.40 bits per heavy atom. The van der Waals surface area contributed by atoms with Gasteiger partial charge < -0.3 is 5.32 Å². The fourth-order valence-electron chi connectivity index (χ4n) is 2.13. The molecule has 1 N–H and O–H groups in total. The second-order valence-electron chi connectivity index (χ2n) is 4.84. The van der Waals surface area contributed by atoms with Gasteiger partial charge in [0.25, 0.3) is 0 Å². The highest BCUT2D eigenvalue weighted by Crippen LogP contribution is 2.10. The van der Waals surface area contributed by atoms with Crippen LogP contribution in [0.15, 0.2) is 0 Å². The molecule has 1 heterocycles. The summed E-state index contributed by atoms with van der Waals surface area (Å²) < 4.78 is 25.7. The van der Waals surface area contributed by atoms with Crippen LogP contribution in [0.5, 0.6) is 0 Å². The summed E-state index contributed by atoms with van der Waals surface area (Å²) >= 11 is 5.56. The maximum Gasteiger partial charge on any atom is 0.234 e. The zero-order chi connectivity index (χ0) is 15.0. The van der Waals surface area contributed by atoms with Crippen molar-refractivity contribution in [2.45, 2.75) is 19.8 Å². The van der Waals surface area contributed by atoms with Crippen LogP contribution in [0.2, 0.25) is 0 Å². The average molecular weight is 326 g/mol. The molecule has 0 radical (unpaired) electrons. The summed E-state index contributed by atoms with van der Waals surface area (Å²) in [7, 11) is -3.17. The molecule has 1 rings (SSSR count). The first-order valence-electron chi connectivity index (χ1n) is 7.02. The van der Waals surface area contributed by atoms with Crippen molar-refractivity contribution in [3.63, 3.8) is 0 Å². The largest absolute Gasteiger partial charge is 0.355 e. The summed E-state index contributed by atoms with van der Waals surface area (Å²) in [5.74, 6) is 0.650. The summed E-state index contributed by atoms with van der Waals surface area (Å²) in [5.41, 5.74) is 0. The Hall–Kier alpha value is -0.370. The van der Waals surface area contributed by atoms with E-state index in [1.165, 1.54) is 4.31 Å². The molecule has 20 heavy (non-hydrogen) atoms. The first kappa shape index (κ1) is 17.7. The lowest BCUT2D eigenvalue weighted by atomic mass is 10.3. The van der Waals surface area contributed by atoms with Gasteiger partial charge >= 0.3 is 0 Å². The van der Waals surface area contributed by atoms with Gasteiger partial charge in [0.05, 0.1) is 12.3 Å². The highest BCUT2D eigenvalue weighted by Gasteiger charge is 2.26. The number of rotatable bonds is 8. The highest BCUT2D eigenvalue weighted by molar-refractivity contribution is 7.89. The number of likely N-dealkylation sites (N-methyl/N-ethyl adjacent to an activating group) is 1. The van der Waals surface area contributed by atoms with E-state index in [0.29, 0.717) is 51.6 Å². The number of hydrogen-bond donors (Lipinski definition) is 1. The predicted octanol–water partition coefficient (Wildman–Crippen LogP) is 0.0889. The van der Waals surface area contributed by atoms with Gasteiger partial charge in [-0.05, 0) is 19.8 Å². The molecule has 0 aromatic carbocycles. The maximum absolute atomic E-state index is 12.1. The van der Waals surface area contributed by atoms with Gasteiger partial charge in [-0.1, -0.05) is 0 Å². The topological polar surface area (TPSA) is 69.7 Å². The Kier molecular flexibility index (Phi) is 7.79. The van der Waals surface area contributed by atoms with Gasteiger partial charge in [-0.2, -0.15) is 4.31 Å². The van der Waals surface area contributed by atoms with Crippen LogP contribution in [-0.4, -0.2) is 74.4 Å². The van der Waals surface area contributed by atoms with E-state index < -0.39 is 10.0 Å². The molecular weight excluding hydrogens is 302 g/mol. The lowest BCUT2D eigenvalue weighted by Crippen LogP contribution is -2.51. The van der Waals surface area contributed by atoms with Gasteiger partial charge in [-0.3, -0.25) is 9.69 Å². The molecule has 1 fully saturated rings. The van der Waals surface area contributed by atoms with Crippen molar-refractivity contribution in [2.24, 2.45) is 0 Å². The summed E-state index contributed by atoms with van der Waals surface area (Å²) in [5, 5.41) is 2.74. The van der Waals surface area contributed by atoms with Gasteiger partial charge in [0, 0.05) is 38.6 Å². The number of hydrogen-bond acceptors (Lipinski definition) is 4. The van der Waals surface area contributed by atoms with E-state index in [-0.39, 0.29) is 11.7 Å². The maximum atomic E-state index is 12.1. The minimum Gasteiger partial charge on any atom is -0.355 e. The molecule has 0 atom stereocenters. The number of sulfonamides is 1. The van der Waals surface area contributed by atoms with Gasteiger partial charge in [0.2, 0.25) is 15.9 Å². The molecule has 6 nitrogen and oxygen atoms in total. The van der Waals surface area contributed by atoms with Gasteiger partial charge in [-0.15, -0.1) is 11.6 Å². The smallest absolute Gasteiger partial charge is 0.234 e. The first-order chi connectivity index (χ1) is 9.49. The van der Waals surface area contributed by atoms with Crippen molar-refractivity contribution in [3.05, 3.63) is 0 Å². The minimum atomic E-state index is -3.17. The number of halogens is 1. The predicted molar refractivity (Wildman–Crippen MR) is 80.4 cm³/mol. The second kappa shape index (κ2) is 8.81. The monoisotopic (exact) mass is 325 g/mol. The third-order valence-electron chi connectivity index (χ3n) is 3.25. The van der Waals surface area contributed by atoms with Crippen LogP contribution in [0.3, 0.4) is 0 Å². The van der Waals surface area contributed by atoms with E-state index in [1.807, 2.05) is 11.8 Å². The molecule has 1 aliphatic heterocycles. The van der Waals surface area contributed by atoms with Crippen molar-refractivity contribution < 1.29 is 13.2 Å². The van der Waals surface area contributed by atoms with Crippen LogP contribution >= 0.6 is 11.6 Å². The molecule has 0 aromatic heterocycles. The van der Waals surface area contributed by atoms with Crippen LogP contribution in [-0.2, 0) is 14.8 Å². The SMILES string of the molecule is CCNC(=O)CN1CCN(S(=O)(=O)CCCCCl)CC1. The van der Waals surface area contributed by atoms with E-state index in [9.17, 15) is 13.2 Å². The number of unbranched alkanes of at least 4 members (excludes halogenated alkanes) is 1. The number of amides is 1. The van der Waals surface area contributed by atoms with E-state index in [4.69, 9.17) is 11.6 Å². The zero-order valence-corrected chi connectivity index (χ0v) is 13.5. The fraction of sp³-hybridized carbons (Fsp3) is 0.917. The van der Waals surface area contributed by atoms with E-state index in [1.54, 1.807) is 0 Å². The Morgan fingerprint density at radius 2 is 1.85 bits per heavy atom. The summed E-state index contributed by atoms with van der Waals surface area (Å²) in [6.07, 6.45) is 1.32. The Labute approximate surface area is 126 Å². The van der Waals surface area contributed by atoms with E-state index in [2.05, 4.69) is 5.32 Å². The van der Waals surface area contributed by atoms with Gasteiger partial charge in [0.15, 0.2) is 0 Å². The molecular formula is C12H24ClN3O3S. The average Bonchev–Trinajstić information content (AvgIpc) is 2.39. The molecule has 1 amide bonds. The summed E-state index contributed by atoms with van der Waals surface area (Å²) in [6, 6.07) is 0. The fourth-order valence-corrected chi connectivity index (χ4v) is 3.87. The zero-order valence-electron chi connectivity index (χ0n) is 12.0. The second-order valence-corrected chi connectivity index (χ2v) is 7.31. The van der Waals surface area contributed by atoms with Gasteiger partial charge in [-0.25, -0.2) is 8.42 Å². The number of nitrogens with one attached hydrogen (secondary N) is 1. The third-order valence-corrected chi connectivity index (χ3v) is 5.48. The minimum absolute atomic E-state index is 0.00841. The Balaban J connectivity index is 2.35. The normalized spacial score (nSPS) is 18.1. The van der Waals surface area contributed by atoms with Crippen LogP contribution in [0, 0.1) is 0 Å². The molecule has 0 aromatic rings. The number of carbonyl (C=O) groups excluding carboxylic acids is 1. The van der Waals surface area contributed by atoms with E-state index in [0.717, 1.165) is 6.42 Å². The van der Waals surface area contributed by atoms with Crippen LogP contribution in [0.25, 0.3) is 0 Å². The summed E-state index contributed by atoms with van der Waals surface area (Å²) in [6.45, 7) is 4.97. The van der Waals surface area contributed by atoms with Crippen LogP contribution in [0.1, 0.15) is 19.8 Å². The van der Waals surface area contributed by atoms with Gasteiger partial charge in [0.1, 0.15) is 0 Å². The molecule has 0 spiro atoms. The lowest BCUT2D eigenvalue weighted by Gasteiger charge is -2.33. The van der Waals surface area contributed by atoms with Crippen LogP contribution < -0.4 is 5.32 Å². The van der Waals surface area contributed by atoms with Crippen LogP contribution in [0.4, 0.5) is 0 Å². The molecule has 0 unspecified atom stereocenters.